The lowest BCUT2D eigenvalue weighted by atomic mass is 10.1. The molecule has 0 aliphatic carbocycles. The Labute approximate surface area is 130 Å². The van der Waals surface area contributed by atoms with Gasteiger partial charge in [-0.1, -0.05) is 32.6 Å². The Balaban J connectivity index is 3.83. The van der Waals surface area contributed by atoms with E-state index in [-0.39, 0.29) is 5.25 Å². The number of unbranched alkanes of at least 4 members (excludes halogenated alkanes) is 3. The molecule has 0 rings (SSSR count). The first kappa shape index (κ1) is 20.0. The van der Waals surface area contributed by atoms with E-state index >= 15 is 0 Å². The minimum Gasteiger partial charge on any atom is -0.480 e. The first-order valence-corrected chi connectivity index (χ1v) is 12.1. The number of hydrogen-bond donors (Lipinski definition) is 1. The fourth-order valence-electron chi connectivity index (χ4n) is 2.22. The summed E-state index contributed by atoms with van der Waals surface area (Å²) in [5.74, 6) is 0.293. The Kier molecular flexibility index (Phi) is 11.6. The number of carbonyl (C=O) groups is 1. The van der Waals surface area contributed by atoms with E-state index in [2.05, 4.69) is 20.0 Å². The maximum absolute atomic E-state index is 11.2. The van der Waals surface area contributed by atoms with E-state index in [0.717, 1.165) is 44.1 Å². The Morgan fingerprint density at radius 3 is 2.45 bits per heavy atom. The molecule has 0 aliphatic rings. The van der Waals surface area contributed by atoms with Crippen molar-refractivity contribution >= 4 is 26.0 Å². The quantitative estimate of drug-likeness (QED) is 0.392. The lowest BCUT2D eigenvalue weighted by molar-refractivity contribution is -0.136. The van der Waals surface area contributed by atoms with Crippen molar-refractivity contribution in [1.29, 1.82) is 0 Å². The minimum absolute atomic E-state index is 0.219. The normalized spacial score (nSPS) is 13.4. The topological polar surface area (TPSA) is 46.5 Å². The van der Waals surface area contributed by atoms with Crippen LogP contribution in [0.1, 0.15) is 52.4 Å². The average molecular weight is 321 g/mol. The van der Waals surface area contributed by atoms with Crippen molar-refractivity contribution in [2.45, 2.75) is 76.8 Å². The molecule has 120 valence electrons. The molecule has 0 aromatic rings. The smallest absolute Gasteiger partial charge is 0.316 e. The molecule has 3 nitrogen and oxygen atoms in total. The Morgan fingerprint density at radius 1 is 1.20 bits per heavy atom. The molecule has 0 saturated heterocycles. The fourth-order valence-corrected chi connectivity index (χ4v) is 5.50. The first-order valence-electron chi connectivity index (χ1n) is 7.91. The summed E-state index contributed by atoms with van der Waals surface area (Å²) in [5.41, 5.74) is 0. The number of thioether (sulfide) groups is 1. The summed E-state index contributed by atoms with van der Waals surface area (Å²) < 4.78 is 5.79. The standard InChI is InChI=1S/C15H32O3SSi/c1-5-7-8-9-11-14(15(16)17)19-12-10-13-20(3,4)18-6-2/h14H,5-13H2,1-4H3,(H,16,17). The van der Waals surface area contributed by atoms with Crippen LogP contribution in [0.2, 0.25) is 19.1 Å². The molecule has 1 atom stereocenters. The van der Waals surface area contributed by atoms with Gasteiger partial charge in [0.1, 0.15) is 5.25 Å². The van der Waals surface area contributed by atoms with Crippen LogP contribution in [-0.2, 0) is 9.22 Å². The lowest BCUT2D eigenvalue weighted by Gasteiger charge is -2.22. The Morgan fingerprint density at radius 2 is 1.90 bits per heavy atom. The van der Waals surface area contributed by atoms with Crippen molar-refractivity contribution in [2.75, 3.05) is 12.4 Å². The van der Waals surface area contributed by atoms with Crippen LogP contribution in [0.15, 0.2) is 0 Å². The van der Waals surface area contributed by atoms with Gasteiger partial charge in [0, 0.05) is 6.61 Å². The second-order valence-corrected chi connectivity index (χ2v) is 11.5. The summed E-state index contributed by atoms with van der Waals surface area (Å²) in [7, 11) is -1.50. The van der Waals surface area contributed by atoms with Gasteiger partial charge in [-0.2, -0.15) is 0 Å². The summed E-state index contributed by atoms with van der Waals surface area (Å²) >= 11 is 1.61. The maximum Gasteiger partial charge on any atom is 0.316 e. The summed E-state index contributed by atoms with van der Waals surface area (Å²) in [6.07, 6.45) is 6.49. The molecule has 0 fully saturated rings. The predicted molar refractivity (Wildman–Crippen MR) is 91.2 cm³/mol. The number of carboxylic acids is 1. The van der Waals surface area contributed by atoms with E-state index in [9.17, 15) is 9.90 Å². The monoisotopic (exact) mass is 320 g/mol. The van der Waals surface area contributed by atoms with Gasteiger partial charge in [0.2, 0.25) is 0 Å². The van der Waals surface area contributed by atoms with E-state index in [1.807, 2.05) is 6.92 Å². The van der Waals surface area contributed by atoms with Gasteiger partial charge in [-0.15, -0.1) is 11.8 Å². The molecule has 1 N–H and O–H groups in total. The van der Waals surface area contributed by atoms with Crippen LogP contribution in [-0.4, -0.2) is 37.0 Å². The minimum atomic E-state index is -1.50. The summed E-state index contributed by atoms with van der Waals surface area (Å²) in [6, 6.07) is 1.12. The lowest BCUT2D eigenvalue weighted by Crippen LogP contribution is -2.30. The van der Waals surface area contributed by atoms with E-state index in [1.54, 1.807) is 11.8 Å². The molecule has 0 saturated carbocycles. The Bertz CT molecular complexity index is 260. The van der Waals surface area contributed by atoms with Crippen molar-refractivity contribution in [3.8, 4) is 0 Å². The van der Waals surface area contributed by atoms with E-state index in [1.165, 1.54) is 12.8 Å². The highest BCUT2D eigenvalue weighted by Crippen LogP contribution is 2.22. The fraction of sp³-hybridized carbons (Fsp3) is 0.933. The molecule has 0 spiro atoms. The number of rotatable bonds is 13. The maximum atomic E-state index is 11.2. The SMILES string of the molecule is CCCCCCC(SCCC[Si](C)(C)OCC)C(=O)O. The molecular formula is C15H32O3SSi. The molecule has 20 heavy (non-hydrogen) atoms. The number of hydrogen-bond acceptors (Lipinski definition) is 3. The third kappa shape index (κ3) is 10.7. The zero-order chi connectivity index (χ0) is 15.4. The largest absolute Gasteiger partial charge is 0.480 e. The third-order valence-electron chi connectivity index (χ3n) is 3.37. The molecule has 1 unspecified atom stereocenters. The number of aliphatic carboxylic acids is 1. The van der Waals surface area contributed by atoms with Gasteiger partial charge in [0.05, 0.1) is 0 Å². The van der Waals surface area contributed by atoms with Crippen molar-refractivity contribution in [1.82, 2.24) is 0 Å². The summed E-state index contributed by atoms with van der Waals surface area (Å²) in [5, 5.41) is 9.02. The molecule has 0 amide bonds. The zero-order valence-electron chi connectivity index (χ0n) is 13.6. The van der Waals surface area contributed by atoms with Crippen LogP contribution < -0.4 is 0 Å². The zero-order valence-corrected chi connectivity index (χ0v) is 15.4. The molecule has 5 heteroatoms. The highest BCUT2D eigenvalue weighted by atomic mass is 32.2. The van der Waals surface area contributed by atoms with Gasteiger partial charge < -0.3 is 9.53 Å². The van der Waals surface area contributed by atoms with Crippen LogP contribution in [0.4, 0.5) is 0 Å². The van der Waals surface area contributed by atoms with E-state index < -0.39 is 14.3 Å². The summed E-state index contributed by atoms with van der Waals surface area (Å²) in [4.78, 5) is 11.2. The average Bonchev–Trinajstić information content (AvgIpc) is 2.36. The van der Waals surface area contributed by atoms with Crippen molar-refractivity contribution in [3.05, 3.63) is 0 Å². The van der Waals surface area contributed by atoms with Crippen molar-refractivity contribution in [2.24, 2.45) is 0 Å². The molecular weight excluding hydrogens is 288 g/mol. The van der Waals surface area contributed by atoms with Crippen molar-refractivity contribution < 1.29 is 14.3 Å². The second-order valence-electron chi connectivity index (χ2n) is 5.84. The molecule has 0 aromatic heterocycles. The molecule has 0 radical (unpaired) electrons. The van der Waals surface area contributed by atoms with Crippen LogP contribution >= 0.6 is 11.8 Å². The van der Waals surface area contributed by atoms with Gasteiger partial charge >= 0.3 is 5.97 Å². The van der Waals surface area contributed by atoms with E-state index in [0.29, 0.717) is 0 Å². The van der Waals surface area contributed by atoms with Gasteiger partial charge in [0.25, 0.3) is 0 Å². The molecule has 0 aliphatic heterocycles. The van der Waals surface area contributed by atoms with Crippen LogP contribution in [0.3, 0.4) is 0 Å². The van der Waals surface area contributed by atoms with Crippen LogP contribution in [0.25, 0.3) is 0 Å². The van der Waals surface area contributed by atoms with E-state index in [4.69, 9.17) is 4.43 Å². The third-order valence-corrected chi connectivity index (χ3v) is 7.36. The predicted octanol–water partition coefficient (Wildman–Crippen LogP) is 4.77. The summed E-state index contributed by atoms with van der Waals surface area (Å²) in [6.45, 7) is 9.48. The highest BCUT2D eigenvalue weighted by molar-refractivity contribution is 8.00. The van der Waals surface area contributed by atoms with Crippen LogP contribution in [0, 0.1) is 0 Å². The van der Waals surface area contributed by atoms with Gasteiger partial charge in [-0.3, -0.25) is 4.79 Å². The van der Waals surface area contributed by atoms with Gasteiger partial charge in [0.15, 0.2) is 8.32 Å². The molecule has 0 heterocycles. The van der Waals surface area contributed by atoms with Crippen LogP contribution in [0.5, 0.6) is 0 Å². The second kappa shape index (κ2) is 11.6. The van der Waals surface area contributed by atoms with Gasteiger partial charge in [-0.25, -0.2) is 0 Å². The number of carboxylic acid groups (broad SMARTS) is 1. The Hall–Kier alpha value is -0.00312. The molecule has 0 aromatic carbocycles. The first-order chi connectivity index (χ1) is 9.43. The van der Waals surface area contributed by atoms with Crippen molar-refractivity contribution in [3.63, 3.8) is 0 Å². The highest BCUT2D eigenvalue weighted by Gasteiger charge is 2.22. The molecule has 0 bridgehead atoms. The van der Waals surface area contributed by atoms with Gasteiger partial charge in [-0.05, 0) is 44.7 Å².